The Morgan fingerprint density at radius 3 is 2.50 bits per heavy atom. The van der Waals surface area contributed by atoms with Crippen LogP contribution in [0.1, 0.15) is 11.1 Å². The third kappa shape index (κ3) is 6.38. The molecule has 0 spiro atoms. The number of ether oxygens (including phenoxy) is 2. The Labute approximate surface area is 176 Å². The van der Waals surface area contributed by atoms with Gasteiger partial charge >= 0.3 is 0 Å². The summed E-state index contributed by atoms with van der Waals surface area (Å²) in [4.78, 5) is 16.5. The van der Waals surface area contributed by atoms with Gasteiger partial charge in [0.1, 0.15) is 17.3 Å². The summed E-state index contributed by atoms with van der Waals surface area (Å²) in [7, 11) is 3.27. The van der Waals surface area contributed by atoms with Crippen molar-refractivity contribution in [1.29, 1.82) is 0 Å². The quantitative estimate of drug-likeness (QED) is 0.518. The second-order valence-electron chi connectivity index (χ2n) is 6.56. The summed E-state index contributed by atoms with van der Waals surface area (Å²) in [5, 5.41) is 6.08. The summed E-state index contributed by atoms with van der Waals surface area (Å²) < 4.78 is 10.3. The lowest BCUT2D eigenvalue weighted by molar-refractivity contribution is -0.111. The normalized spacial score (nSPS) is 10.6. The molecule has 2 aromatic carbocycles. The van der Waals surface area contributed by atoms with Crippen LogP contribution in [0.15, 0.2) is 72.9 Å². The number of carbonyl (C=O) groups excluding carboxylic acids is 1. The summed E-state index contributed by atoms with van der Waals surface area (Å²) in [6.45, 7) is 0.758. The Balaban J connectivity index is 1.46. The molecule has 0 unspecified atom stereocenters. The molecule has 0 fully saturated rings. The van der Waals surface area contributed by atoms with E-state index in [-0.39, 0.29) is 5.91 Å². The number of hydrogen-bond donors (Lipinski definition) is 2. The molecule has 1 amide bonds. The highest BCUT2D eigenvalue weighted by molar-refractivity contribution is 6.01. The van der Waals surface area contributed by atoms with Gasteiger partial charge in [-0.15, -0.1) is 0 Å². The smallest absolute Gasteiger partial charge is 0.248 e. The maximum Gasteiger partial charge on any atom is 0.248 e. The van der Waals surface area contributed by atoms with Gasteiger partial charge in [0, 0.05) is 12.6 Å². The highest BCUT2D eigenvalue weighted by Gasteiger charge is 2.01. The number of amides is 1. The maximum atomic E-state index is 12.1. The van der Waals surface area contributed by atoms with Gasteiger partial charge < -0.3 is 20.1 Å². The number of hydrogen-bond acceptors (Lipinski definition) is 5. The molecule has 0 radical (unpaired) electrons. The van der Waals surface area contributed by atoms with E-state index in [4.69, 9.17) is 9.47 Å². The number of anilines is 2. The van der Waals surface area contributed by atoms with Crippen molar-refractivity contribution in [1.82, 2.24) is 4.98 Å². The fourth-order valence-electron chi connectivity index (χ4n) is 2.80. The van der Waals surface area contributed by atoms with Gasteiger partial charge in [-0.3, -0.25) is 4.79 Å². The van der Waals surface area contributed by atoms with Crippen LogP contribution in [-0.2, 0) is 11.2 Å². The molecule has 3 aromatic rings. The van der Waals surface area contributed by atoms with Gasteiger partial charge in [-0.2, -0.15) is 0 Å². The second-order valence-corrected chi connectivity index (χ2v) is 6.56. The minimum atomic E-state index is -0.222. The third-order valence-corrected chi connectivity index (χ3v) is 4.43. The lowest BCUT2D eigenvalue weighted by atomic mass is 10.1. The lowest BCUT2D eigenvalue weighted by Gasteiger charge is -2.08. The number of nitrogens with one attached hydrogen (secondary N) is 2. The van der Waals surface area contributed by atoms with E-state index in [0.29, 0.717) is 5.69 Å². The van der Waals surface area contributed by atoms with Crippen molar-refractivity contribution in [3.8, 4) is 11.5 Å². The molecule has 154 valence electrons. The number of rotatable bonds is 9. The first-order valence-electron chi connectivity index (χ1n) is 9.62. The number of carbonyl (C=O) groups is 1. The maximum absolute atomic E-state index is 12.1. The van der Waals surface area contributed by atoms with Crippen LogP contribution in [0.5, 0.6) is 11.5 Å². The molecule has 0 aliphatic heterocycles. The van der Waals surface area contributed by atoms with E-state index in [1.807, 2.05) is 60.7 Å². The molecule has 2 N–H and O–H groups in total. The Morgan fingerprint density at radius 1 is 1.00 bits per heavy atom. The average Bonchev–Trinajstić information content (AvgIpc) is 2.79. The number of benzene rings is 2. The topological polar surface area (TPSA) is 72.5 Å². The van der Waals surface area contributed by atoms with Crippen LogP contribution in [0, 0.1) is 0 Å². The van der Waals surface area contributed by atoms with Crippen molar-refractivity contribution in [2.45, 2.75) is 6.42 Å². The number of pyridine rings is 1. The van der Waals surface area contributed by atoms with Crippen LogP contribution in [0.2, 0.25) is 0 Å². The first-order valence-corrected chi connectivity index (χ1v) is 9.62. The Hall–Kier alpha value is -3.80. The molecule has 0 aliphatic rings. The van der Waals surface area contributed by atoms with Gasteiger partial charge in [-0.1, -0.05) is 24.3 Å². The summed E-state index contributed by atoms with van der Waals surface area (Å²) in [5.41, 5.74) is 2.74. The average molecular weight is 403 g/mol. The van der Waals surface area contributed by atoms with Crippen LogP contribution in [0.3, 0.4) is 0 Å². The predicted molar refractivity (Wildman–Crippen MR) is 120 cm³/mol. The van der Waals surface area contributed by atoms with Crippen molar-refractivity contribution in [2.24, 2.45) is 0 Å². The first kappa shape index (κ1) is 20.9. The van der Waals surface area contributed by atoms with Gasteiger partial charge in [0.05, 0.1) is 26.1 Å². The number of methoxy groups -OCH3 is 2. The molecule has 0 atom stereocenters. The van der Waals surface area contributed by atoms with Crippen LogP contribution >= 0.6 is 0 Å². The van der Waals surface area contributed by atoms with E-state index < -0.39 is 0 Å². The highest BCUT2D eigenvalue weighted by Crippen LogP contribution is 2.15. The molecule has 0 saturated heterocycles. The molecule has 30 heavy (non-hydrogen) atoms. The van der Waals surface area contributed by atoms with E-state index in [0.717, 1.165) is 35.8 Å². The zero-order valence-corrected chi connectivity index (χ0v) is 17.1. The fourth-order valence-corrected chi connectivity index (χ4v) is 2.80. The molecular weight excluding hydrogens is 378 g/mol. The Kier molecular flexibility index (Phi) is 7.44. The molecule has 6 heteroatoms. The van der Waals surface area contributed by atoms with Crippen LogP contribution in [0.4, 0.5) is 11.5 Å². The minimum Gasteiger partial charge on any atom is -0.497 e. The molecule has 6 nitrogen and oxygen atoms in total. The van der Waals surface area contributed by atoms with Gasteiger partial charge in [-0.25, -0.2) is 4.98 Å². The largest absolute Gasteiger partial charge is 0.497 e. The number of aromatic nitrogens is 1. The van der Waals surface area contributed by atoms with Gasteiger partial charge in [0.2, 0.25) is 5.91 Å². The molecule has 0 aliphatic carbocycles. The van der Waals surface area contributed by atoms with E-state index in [2.05, 4.69) is 15.6 Å². The van der Waals surface area contributed by atoms with Gasteiger partial charge in [0.25, 0.3) is 0 Å². The second kappa shape index (κ2) is 10.7. The van der Waals surface area contributed by atoms with Crippen molar-refractivity contribution >= 4 is 23.5 Å². The molecule has 3 rings (SSSR count). The monoisotopic (exact) mass is 403 g/mol. The van der Waals surface area contributed by atoms with E-state index in [9.17, 15) is 4.79 Å². The molecule has 1 aromatic heterocycles. The van der Waals surface area contributed by atoms with Gasteiger partial charge in [-0.05, 0) is 60.0 Å². The van der Waals surface area contributed by atoms with E-state index >= 15 is 0 Å². The van der Waals surface area contributed by atoms with E-state index in [1.54, 1.807) is 26.5 Å². The zero-order chi connectivity index (χ0) is 21.2. The first-order chi connectivity index (χ1) is 14.7. The molecule has 0 bridgehead atoms. The van der Waals surface area contributed by atoms with Gasteiger partial charge in [0.15, 0.2) is 0 Å². The van der Waals surface area contributed by atoms with Crippen LogP contribution < -0.4 is 20.1 Å². The molecule has 0 saturated carbocycles. The van der Waals surface area contributed by atoms with Crippen molar-refractivity contribution in [3.05, 3.63) is 84.1 Å². The fraction of sp³-hybridized carbons (Fsp3) is 0.167. The summed E-state index contributed by atoms with van der Waals surface area (Å²) in [6, 6.07) is 19.2. The standard InChI is InChI=1S/C24H25N3O3/c1-29-21-10-6-18(7-11-21)14-15-25-23-12-9-20(17-26-23)27-24(28)13-8-19-4-3-5-22(16-19)30-2/h3-13,16-17H,14-15H2,1-2H3,(H,25,26)(H,27,28)/b13-8+. The molecular formula is C24H25N3O3. The molecule has 1 heterocycles. The SMILES string of the molecule is COc1ccc(CCNc2ccc(NC(=O)/C=C/c3cccc(OC)c3)cn2)cc1. The number of nitrogens with zero attached hydrogens (tertiary/aromatic N) is 1. The lowest BCUT2D eigenvalue weighted by Crippen LogP contribution is -2.09. The Bertz CT molecular complexity index is 983. The van der Waals surface area contributed by atoms with Crippen molar-refractivity contribution < 1.29 is 14.3 Å². The minimum absolute atomic E-state index is 0.222. The predicted octanol–water partition coefficient (Wildman–Crippen LogP) is 4.41. The summed E-state index contributed by atoms with van der Waals surface area (Å²) in [6.07, 6.45) is 5.72. The van der Waals surface area contributed by atoms with Crippen molar-refractivity contribution in [2.75, 3.05) is 31.4 Å². The summed E-state index contributed by atoms with van der Waals surface area (Å²) >= 11 is 0. The highest BCUT2D eigenvalue weighted by atomic mass is 16.5. The van der Waals surface area contributed by atoms with Crippen LogP contribution in [0.25, 0.3) is 6.08 Å². The van der Waals surface area contributed by atoms with Crippen LogP contribution in [-0.4, -0.2) is 31.7 Å². The Morgan fingerprint density at radius 2 is 1.80 bits per heavy atom. The summed E-state index contributed by atoms with van der Waals surface area (Å²) in [5.74, 6) is 2.13. The third-order valence-electron chi connectivity index (χ3n) is 4.43. The zero-order valence-electron chi connectivity index (χ0n) is 17.1. The van der Waals surface area contributed by atoms with Crippen molar-refractivity contribution in [3.63, 3.8) is 0 Å². The van der Waals surface area contributed by atoms with E-state index in [1.165, 1.54) is 11.6 Å².